The van der Waals surface area contributed by atoms with Crippen LogP contribution in [0.15, 0.2) is 78.9 Å². The van der Waals surface area contributed by atoms with Crippen molar-refractivity contribution in [1.82, 2.24) is 9.55 Å². The Morgan fingerprint density at radius 2 is 1.62 bits per heavy atom. The predicted octanol–water partition coefficient (Wildman–Crippen LogP) is 5.63. The third-order valence-electron chi connectivity index (χ3n) is 4.91. The van der Waals surface area contributed by atoms with E-state index in [0.29, 0.717) is 23.2 Å². The molecule has 4 nitrogen and oxygen atoms in total. The van der Waals surface area contributed by atoms with Gasteiger partial charge in [0.2, 0.25) is 0 Å². The molecule has 29 heavy (non-hydrogen) atoms. The maximum Gasteiger partial charge on any atom is 0.143 e. The molecule has 1 atom stereocenters. The van der Waals surface area contributed by atoms with Crippen LogP contribution in [0, 0.1) is 0 Å². The van der Waals surface area contributed by atoms with Gasteiger partial charge >= 0.3 is 0 Å². The molecule has 0 spiro atoms. The number of aryl methyl sites for hydroxylation is 1. The van der Waals surface area contributed by atoms with E-state index in [4.69, 9.17) is 21.3 Å². The average molecular weight is 407 g/mol. The van der Waals surface area contributed by atoms with Crippen molar-refractivity contribution in [2.24, 2.45) is 0 Å². The lowest BCUT2D eigenvalue weighted by Crippen LogP contribution is -2.11. The zero-order valence-corrected chi connectivity index (χ0v) is 16.8. The second-order valence-electron chi connectivity index (χ2n) is 6.91. The Morgan fingerprint density at radius 1 is 0.897 bits per heavy atom. The number of ether oxygens (including phenoxy) is 1. The number of unbranched alkanes of at least 4 members (excludes halogenated alkanes) is 1. The average Bonchev–Trinajstić information content (AvgIpc) is 3.13. The fourth-order valence-corrected chi connectivity index (χ4v) is 3.63. The number of aliphatic hydroxyl groups is 1. The van der Waals surface area contributed by atoms with E-state index >= 15 is 0 Å². The zero-order valence-electron chi connectivity index (χ0n) is 16.0. The predicted molar refractivity (Wildman–Crippen MR) is 116 cm³/mol. The van der Waals surface area contributed by atoms with Crippen LogP contribution in [-0.2, 0) is 6.54 Å². The summed E-state index contributed by atoms with van der Waals surface area (Å²) in [6, 6.07) is 25.1. The number of hydrogen-bond donors (Lipinski definition) is 1. The van der Waals surface area contributed by atoms with E-state index < -0.39 is 6.10 Å². The number of para-hydroxylation sites is 3. The summed E-state index contributed by atoms with van der Waals surface area (Å²) < 4.78 is 7.90. The van der Waals surface area contributed by atoms with E-state index in [-0.39, 0.29) is 0 Å². The zero-order chi connectivity index (χ0) is 20.1. The highest BCUT2D eigenvalue weighted by Gasteiger charge is 2.19. The minimum atomic E-state index is -0.761. The lowest BCUT2D eigenvalue weighted by atomic mass is 10.1. The van der Waals surface area contributed by atoms with Gasteiger partial charge in [0.15, 0.2) is 0 Å². The van der Waals surface area contributed by atoms with E-state index in [0.717, 1.165) is 36.0 Å². The molecule has 1 heterocycles. The number of hydrogen-bond acceptors (Lipinski definition) is 3. The summed E-state index contributed by atoms with van der Waals surface area (Å²) in [6.45, 7) is 1.35. The molecule has 4 rings (SSSR count). The maximum absolute atomic E-state index is 10.9. The van der Waals surface area contributed by atoms with Gasteiger partial charge < -0.3 is 14.4 Å². The molecule has 0 bridgehead atoms. The summed E-state index contributed by atoms with van der Waals surface area (Å²) in [5.41, 5.74) is 2.76. The Labute approximate surface area is 175 Å². The Bertz CT molecular complexity index is 1080. The van der Waals surface area contributed by atoms with Gasteiger partial charge in [0, 0.05) is 6.54 Å². The van der Waals surface area contributed by atoms with Gasteiger partial charge in [-0.1, -0.05) is 66.2 Å². The molecule has 0 aliphatic rings. The first-order valence-corrected chi connectivity index (χ1v) is 10.2. The SMILES string of the molecule is OC(c1ccccc1)c1nc2ccccc2n1CCCCOc1ccccc1Cl. The van der Waals surface area contributed by atoms with Crippen LogP contribution in [0.4, 0.5) is 0 Å². The number of halogens is 1. The topological polar surface area (TPSA) is 47.3 Å². The number of aliphatic hydroxyl groups excluding tert-OH is 1. The molecule has 1 N–H and O–H groups in total. The molecular weight excluding hydrogens is 384 g/mol. The summed E-state index contributed by atoms with van der Waals surface area (Å²) in [5, 5.41) is 11.6. The molecule has 3 aromatic carbocycles. The minimum absolute atomic E-state index is 0.590. The Balaban J connectivity index is 1.47. The number of nitrogens with zero attached hydrogens (tertiary/aromatic N) is 2. The van der Waals surface area contributed by atoms with Gasteiger partial charge in [0.25, 0.3) is 0 Å². The molecule has 0 saturated carbocycles. The molecule has 0 aliphatic heterocycles. The first-order valence-electron chi connectivity index (χ1n) is 9.79. The van der Waals surface area contributed by atoms with E-state index in [1.165, 1.54) is 0 Å². The molecule has 148 valence electrons. The van der Waals surface area contributed by atoms with Crippen molar-refractivity contribution in [3.63, 3.8) is 0 Å². The highest BCUT2D eigenvalue weighted by Crippen LogP contribution is 2.26. The number of imidazole rings is 1. The number of benzene rings is 3. The molecule has 1 aromatic heterocycles. The second-order valence-corrected chi connectivity index (χ2v) is 7.32. The van der Waals surface area contributed by atoms with Gasteiger partial charge in [-0.25, -0.2) is 4.98 Å². The summed E-state index contributed by atoms with van der Waals surface area (Å²) in [4.78, 5) is 4.71. The summed E-state index contributed by atoms with van der Waals surface area (Å²) in [5.74, 6) is 1.38. The van der Waals surface area contributed by atoms with Crippen LogP contribution in [0.2, 0.25) is 5.02 Å². The first-order chi connectivity index (χ1) is 14.2. The van der Waals surface area contributed by atoms with Gasteiger partial charge in [-0.15, -0.1) is 0 Å². The van der Waals surface area contributed by atoms with Crippen LogP contribution in [0.1, 0.15) is 30.3 Å². The lowest BCUT2D eigenvalue weighted by molar-refractivity contribution is 0.204. The molecular formula is C24H23ClN2O2. The summed E-state index contributed by atoms with van der Waals surface area (Å²) in [7, 11) is 0. The van der Waals surface area contributed by atoms with Crippen LogP contribution in [0.25, 0.3) is 11.0 Å². The fourth-order valence-electron chi connectivity index (χ4n) is 3.44. The molecule has 0 radical (unpaired) electrons. The van der Waals surface area contributed by atoms with Crippen molar-refractivity contribution in [2.45, 2.75) is 25.5 Å². The molecule has 0 aliphatic carbocycles. The second kappa shape index (κ2) is 9.12. The van der Waals surface area contributed by atoms with Crippen LogP contribution in [0.5, 0.6) is 5.75 Å². The fraction of sp³-hybridized carbons (Fsp3) is 0.208. The van der Waals surface area contributed by atoms with Gasteiger partial charge in [0.05, 0.1) is 22.7 Å². The van der Waals surface area contributed by atoms with Crippen molar-refractivity contribution < 1.29 is 9.84 Å². The highest BCUT2D eigenvalue weighted by molar-refractivity contribution is 6.32. The lowest BCUT2D eigenvalue weighted by Gasteiger charge is -2.14. The largest absolute Gasteiger partial charge is 0.492 e. The van der Waals surface area contributed by atoms with Gasteiger partial charge in [0.1, 0.15) is 17.7 Å². The standard InChI is InChI=1S/C24H23ClN2O2/c25-19-12-4-7-15-22(19)29-17-9-8-16-27-21-14-6-5-13-20(21)26-24(27)23(28)18-10-2-1-3-11-18/h1-7,10-15,23,28H,8-9,16-17H2. The number of aromatic nitrogens is 2. The summed E-state index contributed by atoms with van der Waals surface area (Å²) >= 11 is 6.13. The van der Waals surface area contributed by atoms with Gasteiger partial charge in [-0.05, 0) is 42.7 Å². The molecule has 0 saturated heterocycles. The van der Waals surface area contributed by atoms with E-state index in [9.17, 15) is 5.11 Å². The van der Waals surface area contributed by atoms with Crippen molar-refractivity contribution in [3.8, 4) is 5.75 Å². The normalized spacial score (nSPS) is 12.2. The van der Waals surface area contributed by atoms with E-state index in [1.54, 1.807) is 0 Å². The van der Waals surface area contributed by atoms with Crippen molar-refractivity contribution in [1.29, 1.82) is 0 Å². The van der Waals surface area contributed by atoms with Crippen LogP contribution < -0.4 is 4.74 Å². The summed E-state index contributed by atoms with van der Waals surface area (Å²) in [6.07, 6.45) is 1.01. The van der Waals surface area contributed by atoms with E-state index in [1.807, 2.05) is 78.9 Å². The van der Waals surface area contributed by atoms with Crippen molar-refractivity contribution in [3.05, 3.63) is 95.3 Å². The van der Waals surface area contributed by atoms with Gasteiger partial charge in [-0.3, -0.25) is 0 Å². The third-order valence-corrected chi connectivity index (χ3v) is 5.23. The van der Waals surface area contributed by atoms with E-state index in [2.05, 4.69) is 4.57 Å². The minimum Gasteiger partial charge on any atom is -0.492 e. The number of fused-ring (bicyclic) bond motifs is 1. The third kappa shape index (κ3) is 4.44. The Kier molecular flexibility index (Phi) is 6.13. The number of rotatable bonds is 8. The quantitative estimate of drug-likeness (QED) is 0.386. The molecule has 0 fully saturated rings. The van der Waals surface area contributed by atoms with Crippen LogP contribution in [-0.4, -0.2) is 21.3 Å². The Morgan fingerprint density at radius 3 is 2.45 bits per heavy atom. The van der Waals surface area contributed by atoms with Crippen molar-refractivity contribution >= 4 is 22.6 Å². The molecule has 0 amide bonds. The first kappa shape index (κ1) is 19.5. The van der Waals surface area contributed by atoms with Crippen LogP contribution in [0.3, 0.4) is 0 Å². The molecule has 4 aromatic rings. The van der Waals surface area contributed by atoms with Gasteiger partial charge in [-0.2, -0.15) is 0 Å². The van der Waals surface area contributed by atoms with Crippen molar-refractivity contribution in [2.75, 3.05) is 6.61 Å². The molecule has 1 unspecified atom stereocenters. The molecule has 5 heteroatoms. The van der Waals surface area contributed by atoms with Crippen LogP contribution >= 0.6 is 11.6 Å². The highest BCUT2D eigenvalue weighted by atomic mass is 35.5. The smallest absolute Gasteiger partial charge is 0.143 e. The monoisotopic (exact) mass is 406 g/mol. The maximum atomic E-state index is 10.9. The Hall–Kier alpha value is -2.82.